The topological polar surface area (TPSA) is 89.6 Å². The molecule has 0 aliphatic heterocycles. The van der Waals surface area contributed by atoms with E-state index in [2.05, 4.69) is 17.4 Å². The molecule has 13 heavy (non-hydrogen) atoms. The van der Waals surface area contributed by atoms with E-state index < -0.39 is 18.0 Å². The number of aliphatic carboxylic acids is 1. The normalized spacial score (nSPS) is 12.2. The van der Waals surface area contributed by atoms with E-state index in [0.717, 1.165) is 0 Å². The van der Waals surface area contributed by atoms with Crippen molar-refractivity contribution in [2.24, 2.45) is 5.73 Å². The predicted molar refractivity (Wildman–Crippen MR) is 49.7 cm³/mol. The van der Waals surface area contributed by atoms with Gasteiger partial charge in [0, 0.05) is 12.2 Å². The zero-order valence-corrected chi connectivity index (χ0v) is 8.00. The van der Waals surface area contributed by atoms with E-state index in [-0.39, 0.29) is 19.4 Å². The van der Waals surface area contributed by atoms with Crippen LogP contribution in [0.3, 0.4) is 0 Å². The maximum Gasteiger partial charge on any atom is 0.320 e. The first-order valence-electron chi connectivity index (χ1n) is 3.82. The van der Waals surface area contributed by atoms with E-state index in [0.29, 0.717) is 5.75 Å². The molecule has 5 nitrogen and oxygen atoms in total. The van der Waals surface area contributed by atoms with Crippen molar-refractivity contribution in [1.82, 2.24) is 0 Å². The lowest BCUT2D eigenvalue weighted by atomic mass is 10.2. The Morgan fingerprint density at radius 1 is 1.54 bits per heavy atom. The number of carboxylic acid groups (broad SMARTS) is 1. The summed E-state index contributed by atoms with van der Waals surface area (Å²) in [5.41, 5.74) is 5.17. The summed E-state index contributed by atoms with van der Waals surface area (Å²) in [6.07, 6.45) is 0.127. The SMILES string of the molecule is N[C@@H](CCC(=O)OCCS)C(=O)O. The highest BCUT2D eigenvalue weighted by Gasteiger charge is 2.13. The smallest absolute Gasteiger partial charge is 0.320 e. The van der Waals surface area contributed by atoms with Crippen LogP contribution in [-0.4, -0.2) is 35.4 Å². The molecule has 0 fully saturated rings. The van der Waals surface area contributed by atoms with Crippen molar-refractivity contribution in [2.75, 3.05) is 12.4 Å². The average molecular weight is 207 g/mol. The molecule has 0 aliphatic rings. The third-order valence-electron chi connectivity index (χ3n) is 1.33. The van der Waals surface area contributed by atoms with Gasteiger partial charge in [0.15, 0.2) is 0 Å². The molecule has 0 aromatic carbocycles. The number of nitrogens with two attached hydrogens (primary N) is 1. The Bertz CT molecular complexity index is 185. The molecule has 0 unspecified atom stereocenters. The van der Waals surface area contributed by atoms with Crippen LogP contribution in [-0.2, 0) is 14.3 Å². The van der Waals surface area contributed by atoms with Gasteiger partial charge in [0.1, 0.15) is 12.6 Å². The van der Waals surface area contributed by atoms with Crippen LogP contribution in [0.4, 0.5) is 0 Å². The summed E-state index contributed by atoms with van der Waals surface area (Å²) in [6.45, 7) is 0.240. The molecule has 0 bridgehead atoms. The van der Waals surface area contributed by atoms with Crippen molar-refractivity contribution in [3.63, 3.8) is 0 Å². The number of hydrogen-bond donors (Lipinski definition) is 3. The number of esters is 1. The molecule has 0 rings (SSSR count). The van der Waals surface area contributed by atoms with Crippen molar-refractivity contribution in [3.05, 3.63) is 0 Å². The largest absolute Gasteiger partial charge is 0.480 e. The Kier molecular flexibility index (Phi) is 6.34. The Morgan fingerprint density at radius 2 is 2.15 bits per heavy atom. The summed E-state index contributed by atoms with van der Waals surface area (Å²) in [6, 6.07) is -0.997. The lowest BCUT2D eigenvalue weighted by Crippen LogP contribution is -2.30. The van der Waals surface area contributed by atoms with E-state index >= 15 is 0 Å². The number of rotatable bonds is 6. The van der Waals surface area contributed by atoms with Crippen LogP contribution in [0.5, 0.6) is 0 Å². The van der Waals surface area contributed by atoms with Gasteiger partial charge in [-0.15, -0.1) is 0 Å². The van der Waals surface area contributed by atoms with E-state index in [1.54, 1.807) is 0 Å². The van der Waals surface area contributed by atoms with Crippen LogP contribution in [0, 0.1) is 0 Å². The highest BCUT2D eigenvalue weighted by atomic mass is 32.1. The van der Waals surface area contributed by atoms with E-state index in [1.807, 2.05) is 0 Å². The number of hydrogen-bond acceptors (Lipinski definition) is 5. The Balaban J connectivity index is 3.52. The monoisotopic (exact) mass is 207 g/mol. The summed E-state index contributed by atoms with van der Waals surface area (Å²) >= 11 is 3.84. The molecule has 0 heterocycles. The van der Waals surface area contributed by atoms with Crippen LogP contribution < -0.4 is 5.73 Å². The van der Waals surface area contributed by atoms with Crippen molar-refractivity contribution in [3.8, 4) is 0 Å². The lowest BCUT2D eigenvalue weighted by Gasteiger charge is -2.05. The summed E-state index contributed by atoms with van der Waals surface area (Å²) in [5, 5.41) is 8.38. The van der Waals surface area contributed by atoms with Crippen molar-refractivity contribution >= 4 is 24.6 Å². The van der Waals surface area contributed by atoms with Gasteiger partial charge in [-0.2, -0.15) is 12.6 Å². The summed E-state index contributed by atoms with van der Waals surface area (Å²) in [5.74, 6) is -1.09. The average Bonchev–Trinajstić information content (AvgIpc) is 2.10. The van der Waals surface area contributed by atoms with Gasteiger partial charge in [-0.25, -0.2) is 0 Å². The second-order valence-corrected chi connectivity index (χ2v) is 2.87. The van der Waals surface area contributed by atoms with Crippen molar-refractivity contribution in [2.45, 2.75) is 18.9 Å². The molecular weight excluding hydrogens is 194 g/mol. The number of carbonyl (C=O) groups excluding carboxylic acids is 1. The fourth-order valence-electron chi connectivity index (χ4n) is 0.628. The van der Waals surface area contributed by atoms with Crippen LogP contribution in [0.15, 0.2) is 0 Å². The minimum absolute atomic E-state index is 0.0290. The van der Waals surface area contributed by atoms with Crippen LogP contribution in [0.1, 0.15) is 12.8 Å². The lowest BCUT2D eigenvalue weighted by molar-refractivity contribution is -0.143. The van der Waals surface area contributed by atoms with Crippen LogP contribution in [0.25, 0.3) is 0 Å². The fourth-order valence-corrected chi connectivity index (χ4v) is 0.720. The van der Waals surface area contributed by atoms with Gasteiger partial charge >= 0.3 is 11.9 Å². The van der Waals surface area contributed by atoms with E-state index in [1.165, 1.54) is 0 Å². The number of carbonyl (C=O) groups is 2. The summed E-state index contributed by atoms with van der Waals surface area (Å²) in [4.78, 5) is 21.1. The predicted octanol–water partition coefficient (Wildman–Crippen LogP) is -0.349. The zero-order chi connectivity index (χ0) is 10.3. The molecule has 0 saturated carbocycles. The maximum atomic E-state index is 10.8. The van der Waals surface area contributed by atoms with Crippen LogP contribution in [0.2, 0.25) is 0 Å². The summed E-state index contributed by atoms with van der Waals surface area (Å²) < 4.78 is 4.66. The molecule has 6 heteroatoms. The first kappa shape index (κ1) is 12.2. The first-order valence-corrected chi connectivity index (χ1v) is 4.46. The van der Waals surface area contributed by atoms with Crippen LogP contribution >= 0.6 is 12.6 Å². The highest BCUT2D eigenvalue weighted by molar-refractivity contribution is 7.80. The number of thiol groups is 1. The number of ether oxygens (including phenoxy) is 1. The molecule has 0 aromatic heterocycles. The fraction of sp³-hybridized carbons (Fsp3) is 0.714. The minimum Gasteiger partial charge on any atom is -0.480 e. The molecular formula is C7H13NO4S. The highest BCUT2D eigenvalue weighted by Crippen LogP contribution is 1.97. The molecule has 0 aliphatic carbocycles. The van der Waals surface area contributed by atoms with Gasteiger partial charge in [0.05, 0.1) is 0 Å². The quantitative estimate of drug-likeness (QED) is 0.409. The minimum atomic E-state index is -1.11. The van der Waals surface area contributed by atoms with Gasteiger partial charge in [-0.1, -0.05) is 0 Å². The number of carboxylic acids is 1. The second-order valence-electron chi connectivity index (χ2n) is 2.43. The van der Waals surface area contributed by atoms with Gasteiger partial charge in [-0.3, -0.25) is 9.59 Å². The van der Waals surface area contributed by atoms with Gasteiger partial charge in [-0.05, 0) is 6.42 Å². The van der Waals surface area contributed by atoms with E-state index in [9.17, 15) is 9.59 Å². The zero-order valence-electron chi connectivity index (χ0n) is 7.10. The van der Waals surface area contributed by atoms with Gasteiger partial charge in [0.2, 0.25) is 0 Å². The van der Waals surface area contributed by atoms with Gasteiger partial charge < -0.3 is 15.6 Å². The molecule has 0 radical (unpaired) electrons. The van der Waals surface area contributed by atoms with E-state index in [4.69, 9.17) is 10.8 Å². The third-order valence-corrected chi connectivity index (χ3v) is 1.51. The first-order chi connectivity index (χ1) is 6.07. The third kappa shape index (κ3) is 6.41. The van der Waals surface area contributed by atoms with Gasteiger partial charge in [0.25, 0.3) is 0 Å². The van der Waals surface area contributed by atoms with Crippen molar-refractivity contribution in [1.29, 1.82) is 0 Å². The second kappa shape index (κ2) is 6.73. The summed E-state index contributed by atoms with van der Waals surface area (Å²) in [7, 11) is 0. The molecule has 1 atom stereocenters. The molecule has 0 saturated heterocycles. The molecule has 76 valence electrons. The Morgan fingerprint density at radius 3 is 2.62 bits per heavy atom. The molecule has 0 spiro atoms. The molecule has 0 amide bonds. The maximum absolute atomic E-state index is 10.8. The molecule has 0 aromatic rings. The Hall–Kier alpha value is -0.750. The standard InChI is InChI=1S/C7H13NO4S/c8-5(7(10)11)1-2-6(9)12-3-4-13/h5,13H,1-4,8H2,(H,10,11)/t5-/m0/s1. The van der Waals surface area contributed by atoms with Crippen molar-refractivity contribution < 1.29 is 19.4 Å². The molecule has 3 N–H and O–H groups in total. The Labute approximate surface area is 81.7 Å².